The average Bonchev–Trinajstić information content (AvgIpc) is 2.89. The predicted molar refractivity (Wildman–Crippen MR) is 96.7 cm³/mol. The van der Waals surface area contributed by atoms with Crippen LogP contribution in [0.15, 0.2) is 59.6 Å². The number of nitrogens with zero attached hydrogens (tertiary/aromatic N) is 2. The van der Waals surface area contributed by atoms with Gasteiger partial charge in [-0.3, -0.25) is 9.59 Å². The van der Waals surface area contributed by atoms with Crippen LogP contribution in [0.25, 0.3) is 6.08 Å². The zero-order chi connectivity index (χ0) is 17.1. The standard InChI is InChI=1S/C20H18N2O2/c1-22(2)16-10-7-14(8-11-16)9-12-19(23)21-18-13-15-5-3-4-6-17(15)20(18)24/h3-12H,13H2,1-2H3. The second kappa shape index (κ2) is 6.62. The number of ketones is 1. The van der Waals surface area contributed by atoms with Crippen molar-refractivity contribution in [3.8, 4) is 0 Å². The molecule has 3 rings (SSSR count). The van der Waals surface area contributed by atoms with Crippen LogP contribution in [0.4, 0.5) is 5.69 Å². The van der Waals surface area contributed by atoms with Gasteiger partial charge in [0.15, 0.2) is 0 Å². The zero-order valence-corrected chi connectivity index (χ0v) is 13.7. The lowest BCUT2D eigenvalue weighted by molar-refractivity contribution is -0.113. The number of carbonyl (C=O) groups is 2. The summed E-state index contributed by atoms with van der Waals surface area (Å²) in [5.74, 6) is -0.564. The van der Waals surface area contributed by atoms with Crippen LogP contribution in [0.2, 0.25) is 0 Å². The summed E-state index contributed by atoms with van der Waals surface area (Å²) in [5.41, 5.74) is 3.89. The van der Waals surface area contributed by atoms with Gasteiger partial charge >= 0.3 is 0 Å². The molecule has 0 saturated carbocycles. The Balaban J connectivity index is 1.71. The van der Waals surface area contributed by atoms with Gasteiger partial charge in [0.25, 0.3) is 5.91 Å². The molecule has 4 nitrogen and oxygen atoms in total. The lowest BCUT2D eigenvalue weighted by Crippen LogP contribution is -2.09. The van der Waals surface area contributed by atoms with Crippen LogP contribution >= 0.6 is 0 Å². The van der Waals surface area contributed by atoms with Crippen LogP contribution < -0.4 is 4.90 Å². The number of aliphatic imine (C=N–C) groups is 1. The first kappa shape index (κ1) is 15.9. The summed E-state index contributed by atoms with van der Waals surface area (Å²) in [6.45, 7) is 0. The van der Waals surface area contributed by atoms with Crippen molar-refractivity contribution in [3.05, 3.63) is 71.3 Å². The SMILES string of the molecule is CN(C)c1ccc(C=CC(=O)N=C2Cc3ccccc3C2=O)cc1. The van der Waals surface area contributed by atoms with E-state index in [0.717, 1.165) is 16.8 Å². The highest BCUT2D eigenvalue weighted by atomic mass is 16.1. The van der Waals surface area contributed by atoms with Crippen LogP contribution in [0.5, 0.6) is 0 Å². The lowest BCUT2D eigenvalue weighted by atomic mass is 10.1. The molecule has 0 N–H and O–H groups in total. The molecule has 0 aromatic heterocycles. The molecule has 0 bridgehead atoms. The minimum atomic E-state index is -0.414. The van der Waals surface area contributed by atoms with Gasteiger partial charge in [0.1, 0.15) is 0 Å². The molecule has 0 atom stereocenters. The van der Waals surface area contributed by atoms with Crippen molar-refractivity contribution in [3.63, 3.8) is 0 Å². The number of carbonyl (C=O) groups excluding carboxylic acids is 2. The van der Waals surface area contributed by atoms with E-state index in [2.05, 4.69) is 4.99 Å². The van der Waals surface area contributed by atoms with Crippen LogP contribution in [0, 0.1) is 0 Å². The molecule has 4 heteroatoms. The first-order valence-corrected chi connectivity index (χ1v) is 7.74. The maximum Gasteiger partial charge on any atom is 0.270 e. The fourth-order valence-electron chi connectivity index (χ4n) is 2.62. The van der Waals surface area contributed by atoms with E-state index in [4.69, 9.17) is 0 Å². The van der Waals surface area contributed by atoms with Gasteiger partial charge in [0.2, 0.25) is 5.78 Å². The Hall–Kier alpha value is -3.01. The van der Waals surface area contributed by atoms with Crippen molar-refractivity contribution >= 4 is 29.2 Å². The number of rotatable bonds is 3. The topological polar surface area (TPSA) is 49.7 Å². The molecule has 0 aliphatic heterocycles. The fraction of sp³-hybridized carbons (Fsp3) is 0.150. The Morgan fingerprint density at radius 2 is 1.79 bits per heavy atom. The first-order valence-electron chi connectivity index (χ1n) is 7.74. The van der Waals surface area contributed by atoms with E-state index in [1.165, 1.54) is 6.08 Å². The highest BCUT2D eigenvalue weighted by molar-refractivity contribution is 6.50. The van der Waals surface area contributed by atoms with Gasteiger partial charge in [-0.25, -0.2) is 4.99 Å². The minimum Gasteiger partial charge on any atom is -0.378 e. The number of fused-ring (bicyclic) bond motifs is 1. The maximum atomic E-state index is 12.2. The number of anilines is 1. The molecular formula is C20H18N2O2. The Bertz CT molecular complexity index is 846. The highest BCUT2D eigenvalue weighted by Gasteiger charge is 2.26. The summed E-state index contributed by atoms with van der Waals surface area (Å²) < 4.78 is 0. The normalized spacial score (nSPS) is 15.1. The molecule has 2 aromatic carbocycles. The van der Waals surface area contributed by atoms with Gasteiger partial charge < -0.3 is 4.90 Å². The molecule has 1 aliphatic carbocycles. The van der Waals surface area contributed by atoms with Gasteiger partial charge in [-0.05, 0) is 29.3 Å². The molecule has 0 unspecified atom stereocenters. The van der Waals surface area contributed by atoms with Gasteiger partial charge in [0.05, 0.1) is 5.71 Å². The van der Waals surface area contributed by atoms with Gasteiger partial charge in [0, 0.05) is 37.8 Å². The quantitative estimate of drug-likeness (QED) is 0.817. The second-order valence-corrected chi connectivity index (χ2v) is 5.88. The number of Topliss-reactive ketones (excluding diaryl/α,β-unsaturated/α-hetero) is 1. The van der Waals surface area contributed by atoms with Gasteiger partial charge in [-0.15, -0.1) is 0 Å². The highest BCUT2D eigenvalue weighted by Crippen LogP contribution is 2.20. The summed E-state index contributed by atoms with van der Waals surface area (Å²) in [6.07, 6.45) is 3.53. The summed E-state index contributed by atoms with van der Waals surface area (Å²) in [7, 11) is 3.95. The Kier molecular flexibility index (Phi) is 4.38. The van der Waals surface area contributed by atoms with Crippen LogP contribution in [0.3, 0.4) is 0 Å². The summed E-state index contributed by atoms with van der Waals surface area (Å²) >= 11 is 0. The van der Waals surface area contributed by atoms with E-state index in [9.17, 15) is 9.59 Å². The van der Waals surface area contributed by atoms with Crippen molar-refractivity contribution in [2.75, 3.05) is 19.0 Å². The Morgan fingerprint density at radius 1 is 1.08 bits per heavy atom. The summed E-state index contributed by atoms with van der Waals surface area (Å²) in [5, 5.41) is 0. The average molecular weight is 318 g/mol. The summed E-state index contributed by atoms with van der Waals surface area (Å²) in [6, 6.07) is 15.2. The van der Waals surface area contributed by atoms with E-state index >= 15 is 0 Å². The molecule has 24 heavy (non-hydrogen) atoms. The number of hydrogen-bond acceptors (Lipinski definition) is 3. The first-order chi connectivity index (χ1) is 11.5. The Labute approximate surface area is 141 Å². The van der Waals surface area contributed by atoms with Crippen molar-refractivity contribution < 1.29 is 9.59 Å². The van der Waals surface area contributed by atoms with Crippen LogP contribution in [0.1, 0.15) is 21.5 Å². The number of amides is 1. The Morgan fingerprint density at radius 3 is 2.46 bits per heavy atom. The third-order valence-electron chi connectivity index (χ3n) is 3.95. The third kappa shape index (κ3) is 3.33. The predicted octanol–water partition coefficient (Wildman–Crippen LogP) is 3.17. The largest absolute Gasteiger partial charge is 0.378 e. The van der Waals surface area contributed by atoms with Gasteiger partial charge in [-0.1, -0.05) is 36.4 Å². The molecule has 120 valence electrons. The molecule has 0 fully saturated rings. The van der Waals surface area contributed by atoms with E-state index in [-0.39, 0.29) is 5.78 Å². The van der Waals surface area contributed by atoms with Crippen LogP contribution in [-0.2, 0) is 11.2 Å². The molecular weight excluding hydrogens is 300 g/mol. The van der Waals surface area contributed by atoms with Crippen molar-refractivity contribution in [1.29, 1.82) is 0 Å². The third-order valence-corrected chi connectivity index (χ3v) is 3.95. The van der Waals surface area contributed by atoms with Crippen molar-refractivity contribution in [1.82, 2.24) is 0 Å². The minimum absolute atomic E-state index is 0.150. The molecule has 1 amide bonds. The zero-order valence-electron chi connectivity index (χ0n) is 13.7. The van der Waals surface area contributed by atoms with E-state index < -0.39 is 5.91 Å². The number of hydrogen-bond donors (Lipinski definition) is 0. The smallest absolute Gasteiger partial charge is 0.270 e. The molecule has 0 radical (unpaired) electrons. The van der Waals surface area contributed by atoms with Crippen molar-refractivity contribution in [2.45, 2.75) is 6.42 Å². The molecule has 0 spiro atoms. The van der Waals surface area contributed by atoms with Gasteiger partial charge in [-0.2, -0.15) is 0 Å². The van der Waals surface area contributed by atoms with Crippen LogP contribution in [-0.4, -0.2) is 31.5 Å². The molecule has 1 aliphatic rings. The van der Waals surface area contributed by atoms with E-state index in [1.54, 1.807) is 12.1 Å². The van der Waals surface area contributed by atoms with E-state index in [1.807, 2.05) is 61.5 Å². The molecule has 0 saturated heterocycles. The van der Waals surface area contributed by atoms with Crippen molar-refractivity contribution in [2.24, 2.45) is 4.99 Å². The van der Waals surface area contributed by atoms with E-state index in [0.29, 0.717) is 17.7 Å². The fourth-order valence-corrected chi connectivity index (χ4v) is 2.62. The summed E-state index contributed by atoms with van der Waals surface area (Å²) in [4.78, 5) is 30.2. The monoisotopic (exact) mass is 318 g/mol. The maximum absolute atomic E-state index is 12.2. The second-order valence-electron chi connectivity index (χ2n) is 5.88. The lowest BCUT2D eigenvalue weighted by Gasteiger charge is -2.11. The molecule has 2 aromatic rings. The number of benzene rings is 2. The molecule has 0 heterocycles.